The van der Waals surface area contributed by atoms with E-state index in [0.29, 0.717) is 17.9 Å². The molecule has 2 nitrogen and oxygen atoms in total. The van der Waals surface area contributed by atoms with E-state index in [4.69, 9.17) is 10.5 Å². The van der Waals surface area contributed by atoms with Gasteiger partial charge in [-0.2, -0.15) is 0 Å². The molecule has 0 aromatic heterocycles. The van der Waals surface area contributed by atoms with Crippen LogP contribution in [0.15, 0.2) is 12.1 Å². The molecule has 3 heteroatoms. The summed E-state index contributed by atoms with van der Waals surface area (Å²) in [5.74, 6) is 0.401. The molecule has 0 fully saturated rings. The zero-order valence-electron chi connectivity index (χ0n) is 7.51. The third-order valence-electron chi connectivity index (χ3n) is 2.30. The third kappa shape index (κ3) is 1.40. The lowest BCUT2D eigenvalue weighted by molar-refractivity contribution is 0.355. The van der Waals surface area contributed by atoms with Crippen molar-refractivity contribution < 1.29 is 9.13 Å². The smallest absolute Gasteiger partial charge is 0.131 e. The van der Waals surface area contributed by atoms with Crippen molar-refractivity contribution in [2.45, 2.75) is 19.4 Å². The molecule has 0 saturated heterocycles. The minimum atomic E-state index is -0.268. The second-order valence-electron chi connectivity index (χ2n) is 3.37. The van der Waals surface area contributed by atoms with Gasteiger partial charge in [0.05, 0.1) is 6.61 Å². The van der Waals surface area contributed by atoms with Gasteiger partial charge < -0.3 is 10.5 Å². The fourth-order valence-corrected chi connectivity index (χ4v) is 1.57. The molecule has 0 aliphatic carbocycles. The van der Waals surface area contributed by atoms with Crippen molar-refractivity contribution in [2.24, 2.45) is 5.73 Å². The summed E-state index contributed by atoms with van der Waals surface area (Å²) in [6.07, 6.45) is 0.856. The van der Waals surface area contributed by atoms with Crippen LogP contribution in [0.4, 0.5) is 4.39 Å². The van der Waals surface area contributed by atoms with E-state index in [-0.39, 0.29) is 11.9 Å². The van der Waals surface area contributed by atoms with Crippen LogP contribution in [0, 0.1) is 5.82 Å². The Hall–Kier alpha value is -1.09. The summed E-state index contributed by atoms with van der Waals surface area (Å²) >= 11 is 0. The summed E-state index contributed by atoms with van der Waals surface area (Å²) in [5.41, 5.74) is 7.26. The zero-order chi connectivity index (χ0) is 9.42. The minimum Gasteiger partial charge on any atom is -0.493 e. The largest absolute Gasteiger partial charge is 0.493 e. The van der Waals surface area contributed by atoms with E-state index >= 15 is 0 Å². The highest BCUT2D eigenvalue weighted by atomic mass is 19.1. The van der Waals surface area contributed by atoms with Crippen LogP contribution in [0.5, 0.6) is 5.75 Å². The number of ether oxygens (including phenoxy) is 1. The molecule has 1 aromatic carbocycles. The van der Waals surface area contributed by atoms with Gasteiger partial charge in [-0.1, -0.05) is 0 Å². The molecule has 0 bridgehead atoms. The Labute approximate surface area is 76.5 Å². The highest BCUT2D eigenvalue weighted by molar-refractivity contribution is 5.41. The third-order valence-corrected chi connectivity index (χ3v) is 2.30. The SMILES string of the molecule is CC(N)c1cc2c(cc1F)OCC2. The average molecular weight is 181 g/mol. The van der Waals surface area contributed by atoms with Crippen molar-refractivity contribution in [1.82, 2.24) is 0 Å². The average Bonchev–Trinajstić information content (AvgIpc) is 2.48. The molecule has 13 heavy (non-hydrogen) atoms. The van der Waals surface area contributed by atoms with E-state index in [0.717, 1.165) is 12.0 Å². The highest BCUT2D eigenvalue weighted by Crippen LogP contribution is 2.29. The topological polar surface area (TPSA) is 35.2 Å². The number of hydrogen-bond acceptors (Lipinski definition) is 2. The number of rotatable bonds is 1. The van der Waals surface area contributed by atoms with Crippen LogP contribution in [-0.2, 0) is 6.42 Å². The first-order valence-corrected chi connectivity index (χ1v) is 4.39. The first kappa shape index (κ1) is 8.51. The molecular formula is C10H12FNO. The molecular weight excluding hydrogens is 169 g/mol. The fourth-order valence-electron chi connectivity index (χ4n) is 1.57. The Balaban J connectivity index is 2.49. The van der Waals surface area contributed by atoms with Crippen LogP contribution >= 0.6 is 0 Å². The molecule has 1 aliphatic heterocycles. The van der Waals surface area contributed by atoms with Crippen molar-refractivity contribution in [3.05, 3.63) is 29.1 Å². The van der Waals surface area contributed by atoms with Crippen LogP contribution in [0.1, 0.15) is 24.1 Å². The van der Waals surface area contributed by atoms with Crippen molar-refractivity contribution in [3.8, 4) is 5.75 Å². The molecule has 2 rings (SSSR count). The Kier molecular flexibility index (Phi) is 1.96. The van der Waals surface area contributed by atoms with Gasteiger partial charge in [0.25, 0.3) is 0 Å². The van der Waals surface area contributed by atoms with E-state index in [1.807, 2.05) is 6.07 Å². The second-order valence-corrected chi connectivity index (χ2v) is 3.37. The van der Waals surface area contributed by atoms with Gasteiger partial charge in [0.2, 0.25) is 0 Å². The van der Waals surface area contributed by atoms with E-state index in [1.165, 1.54) is 6.07 Å². The van der Waals surface area contributed by atoms with E-state index in [2.05, 4.69) is 0 Å². The van der Waals surface area contributed by atoms with Crippen molar-refractivity contribution in [2.75, 3.05) is 6.61 Å². The molecule has 0 amide bonds. The maximum absolute atomic E-state index is 13.3. The van der Waals surface area contributed by atoms with Crippen LogP contribution < -0.4 is 10.5 Å². The number of benzene rings is 1. The van der Waals surface area contributed by atoms with Gasteiger partial charge in [0, 0.05) is 24.1 Å². The Morgan fingerprint density at radius 1 is 1.54 bits per heavy atom. The Morgan fingerprint density at radius 3 is 3.00 bits per heavy atom. The molecule has 0 spiro atoms. The number of nitrogens with two attached hydrogens (primary N) is 1. The molecule has 0 saturated carbocycles. The van der Waals surface area contributed by atoms with Gasteiger partial charge in [-0.3, -0.25) is 0 Å². The summed E-state index contributed by atoms with van der Waals surface area (Å²) in [6.45, 7) is 2.43. The Bertz CT molecular complexity index is 336. The van der Waals surface area contributed by atoms with E-state index in [1.54, 1.807) is 6.92 Å². The maximum Gasteiger partial charge on any atom is 0.131 e. The summed E-state index contributed by atoms with van der Waals surface area (Å²) in [5, 5.41) is 0. The predicted molar refractivity (Wildman–Crippen MR) is 48.2 cm³/mol. The van der Waals surface area contributed by atoms with Crippen LogP contribution in [0.3, 0.4) is 0 Å². The number of halogens is 1. The minimum absolute atomic E-state index is 0.258. The normalized spacial score (nSPS) is 16.5. The lowest BCUT2D eigenvalue weighted by Gasteiger charge is -2.08. The summed E-state index contributed by atoms with van der Waals surface area (Å²) in [6, 6.07) is 2.98. The zero-order valence-corrected chi connectivity index (χ0v) is 7.51. The van der Waals surface area contributed by atoms with Crippen LogP contribution in [0.2, 0.25) is 0 Å². The van der Waals surface area contributed by atoms with Gasteiger partial charge >= 0.3 is 0 Å². The molecule has 2 N–H and O–H groups in total. The van der Waals surface area contributed by atoms with E-state index < -0.39 is 0 Å². The van der Waals surface area contributed by atoms with Gasteiger partial charge in [0.1, 0.15) is 11.6 Å². The quantitative estimate of drug-likeness (QED) is 0.716. The molecule has 1 heterocycles. The second kappa shape index (κ2) is 3.00. The van der Waals surface area contributed by atoms with Crippen molar-refractivity contribution >= 4 is 0 Å². The van der Waals surface area contributed by atoms with Crippen molar-refractivity contribution in [3.63, 3.8) is 0 Å². The first-order chi connectivity index (χ1) is 6.18. The molecule has 1 aromatic rings. The van der Waals surface area contributed by atoms with Gasteiger partial charge in [-0.05, 0) is 18.6 Å². The number of hydrogen-bond donors (Lipinski definition) is 1. The van der Waals surface area contributed by atoms with Crippen LogP contribution in [-0.4, -0.2) is 6.61 Å². The molecule has 70 valence electrons. The predicted octanol–water partition coefficient (Wildman–Crippen LogP) is 1.78. The Morgan fingerprint density at radius 2 is 2.31 bits per heavy atom. The van der Waals surface area contributed by atoms with Gasteiger partial charge in [0.15, 0.2) is 0 Å². The summed E-state index contributed by atoms with van der Waals surface area (Å²) < 4.78 is 18.6. The molecule has 1 aliphatic rings. The fraction of sp³-hybridized carbons (Fsp3) is 0.400. The summed E-state index contributed by atoms with van der Waals surface area (Å²) in [7, 11) is 0. The van der Waals surface area contributed by atoms with E-state index in [9.17, 15) is 4.39 Å². The van der Waals surface area contributed by atoms with Gasteiger partial charge in [-0.15, -0.1) is 0 Å². The first-order valence-electron chi connectivity index (χ1n) is 4.39. The summed E-state index contributed by atoms with van der Waals surface area (Å²) in [4.78, 5) is 0. The molecule has 0 radical (unpaired) electrons. The van der Waals surface area contributed by atoms with Crippen molar-refractivity contribution in [1.29, 1.82) is 0 Å². The lowest BCUT2D eigenvalue weighted by atomic mass is 10.0. The molecule has 1 unspecified atom stereocenters. The van der Waals surface area contributed by atoms with Crippen LogP contribution in [0.25, 0.3) is 0 Å². The van der Waals surface area contributed by atoms with Gasteiger partial charge in [-0.25, -0.2) is 4.39 Å². The number of fused-ring (bicyclic) bond motifs is 1. The highest BCUT2D eigenvalue weighted by Gasteiger charge is 2.17. The molecule has 1 atom stereocenters. The monoisotopic (exact) mass is 181 g/mol. The standard InChI is InChI=1S/C10H12FNO/c1-6(12)8-4-7-2-3-13-10(7)5-9(8)11/h4-6H,2-3,12H2,1H3. The maximum atomic E-state index is 13.3. The lowest BCUT2D eigenvalue weighted by Crippen LogP contribution is -2.07.